The van der Waals surface area contributed by atoms with Gasteiger partial charge < -0.3 is 24.7 Å². The Bertz CT molecular complexity index is 787. The summed E-state index contributed by atoms with van der Waals surface area (Å²) in [7, 11) is 0. The van der Waals surface area contributed by atoms with E-state index >= 15 is 0 Å². The van der Waals surface area contributed by atoms with Gasteiger partial charge in [-0.1, -0.05) is 39.2 Å². The second-order valence-corrected chi connectivity index (χ2v) is 10.3. The normalized spacial score (nSPS) is 32.6. The molecular weight excluding hydrogens is 436 g/mol. The van der Waals surface area contributed by atoms with Gasteiger partial charge >= 0.3 is 5.97 Å². The molecule has 0 aliphatic carbocycles. The van der Waals surface area contributed by atoms with Crippen LogP contribution in [0, 0.1) is 11.8 Å². The van der Waals surface area contributed by atoms with Crippen molar-refractivity contribution in [1.29, 1.82) is 0 Å². The Kier molecular flexibility index (Phi) is 8.45. The van der Waals surface area contributed by atoms with Crippen molar-refractivity contribution >= 4 is 17.8 Å². The standard InChI is InChI=1S/C26H42N2O6/c1-5-12-18(4)27(15-6-2)23(31)21-26-14-13-25(7-3,34-26)20(24(32)33)19(26)22(30)28(21)16-10-8-9-11-17-29/h6,18-21,29H,2,5,7-17H2,1,3-4H3,(H,32,33)/t18?,19-,20+,21?,25-,26?/m0/s1. The highest BCUT2D eigenvalue weighted by Crippen LogP contribution is 2.64. The molecule has 8 heteroatoms. The second-order valence-electron chi connectivity index (χ2n) is 10.3. The number of fused-ring (bicyclic) bond motifs is 1. The number of hydrogen-bond acceptors (Lipinski definition) is 5. The number of likely N-dealkylation sites (tertiary alicyclic amines) is 1. The highest BCUT2D eigenvalue weighted by atomic mass is 16.5. The van der Waals surface area contributed by atoms with Crippen molar-refractivity contribution in [3.05, 3.63) is 12.7 Å². The summed E-state index contributed by atoms with van der Waals surface area (Å²) in [6.07, 6.45) is 8.08. The molecule has 0 saturated carbocycles. The number of aliphatic hydroxyl groups is 1. The highest BCUT2D eigenvalue weighted by Gasteiger charge is 2.79. The number of carbonyl (C=O) groups is 3. The molecular formula is C26H42N2O6. The first-order valence-electron chi connectivity index (χ1n) is 13.0. The number of ether oxygens (including phenoxy) is 1. The molecule has 0 aromatic rings. The van der Waals surface area contributed by atoms with Gasteiger partial charge in [-0.15, -0.1) is 6.58 Å². The van der Waals surface area contributed by atoms with E-state index in [-0.39, 0.29) is 24.5 Å². The fourth-order valence-electron chi connectivity index (χ4n) is 6.72. The zero-order chi connectivity index (χ0) is 25.1. The van der Waals surface area contributed by atoms with E-state index in [0.717, 1.165) is 25.7 Å². The molecule has 34 heavy (non-hydrogen) atoms. The molecule has 3 heterocycles. The molecule has 1 spiro atoms. The number of aliphatic hydroxyl groups excluding tert-OH is 1. The van der Waals surface area contributed by atoms with Crippen LogP contribution in [0.4, 0.5) is 0 Å². The van der Waals surface area contributed by atoms with Gasteiger partial charge in [0.15, 0.2) is 0 Å². The summed E-state index contributed by atoms with van der Waals surface area (Å²) in [4.78, 5) is 43.8. The van der Waals surface area contributed by atoms with Gasteiger partial charge in [0.25, 0.3) is 0 Å². The molecule has 0 radical (unpaired) electrons. The fourth-order valence-corrected chi connectivity index (χ4v) is 6.72. The minimum Gasteiger partial charge on any atom is -0.481 e. The van der Waals surface area contributed by atoms with Gasteiger partial charge in [-0.05, 0) is 45.4 Å². The molecule has 0 aromatic heterocycles. The van der Waals surface area contributed by atoms with Crippen molar-refractivity contribution in [2.24, 2.45) is 11.8 Å². The quantitative estimate of drug-likeness (QED) is 0.294. The number of carboxylic acid groups (broad SMARTS) is 1. The van der Waals surface area contributed by atoms with E-state index in [9.17, 15) is 19.5 Å². The molecule has 3 saturated heterocycles. The Morgan fingerprint density at radius 1 is 1.26 bits per heavy atom. The maximum Gasteiger partial charge on any atom is 0.310 e. The maximum atomic E-state index is 14.2. The lowest BCUT2D eigenvalue weighted by molar-refractivity contribution is -0.158. The third-order valence-electron chi connectivity index (χ3n) is 8.34. The van der Waals surface area contributed by atoms with Crippen LogP contribution in [0.3, 0.4) is 0 Å². The zero-order valence-corrected chi connectivity index (χ0v) is 21.0. The number of carboxylic acids is 1. The summed E-state index contributed by atoms with van der Waals surface area (Å²) in [6, 6.07) is -0.846. The molecule has 6 atom stereocenters. The van der Waals surface area contributed by atoms with Crippen LogP contribution >= 0.6 is 0 Å². The number of aliphatic carboxylic acids is 1. The van der Waals surface area contributed by atoms with Crippen LogP contribution in [-0.4, -0.2) is 80.8 Å². The summed E-state index contributed by atoms with van der Waals surface area (Å²) in [5.41, 5.74) is -1.99. The Hall–Kier alpha value is -1.93. The van der Waals surface area contributed by atoms with E-state index in [2.05, 4.69) is 13.5 Å². The Balaban J connectivity index is 1.99. The molecule has 3 rings (SSSR count). The maximum absolute atomic E-state index is 14.2. The predicted molar refractivity (Wildman–Crippen MR) is 128 cm³/mol. The number of amides is 2. The third-order valence-corrected chi connectivity index (χ3v) is 8.34. The number of carbonyl (C=O) groups excluding carboxylic acids is 2. The molecule has 3 aliphatic rings. The lowest BCUT2D eigenvalue weighted by Gasteiger charge is -2.39. The Labute approximate surface area is 203 Å². The average Bonchev–Trinajstić information content (AvgIpc) is 3.41. The van der Waals surface area contributed by atoms with Gasteiger partial charge in [-0.25, -0.2) is 0 Å². The monoisotopic (exact) mass is 478 g/mol. The largest absolute Gasteiger partial charge is 0.481 e. The molecule has 8 nitrogen and oxygen atoms in total. The fraction of sp³-hybridized carbons (Fsp3) is 0.808. The van der Waals surface area contributed by atoms with Crippen molar-refractivity contribution in [3.63, 3.8) is 0 Å². The second kappa shape index (κ2) is 10.8. The third kappa shape index (κ3) is 4.28. The van der Waals surface area contributed by atoms with Crippen molar-refractivity contribution in [3.8, 4) is 0 Å². The van der Waals surface area contributed by atoms with Gasteiger partial charge in [0, 0.05) is 25.7 Å². The molecule has 3 unspecified atom stereocenters. The summed E-state index contributed by atoms with van der Waals surface area (Å²) >= 11 is 0. The van der Waals surface area contributed by atoms with Crippen LogP contribution < -0.4 is 0 Å². The molecule has 0 aromatic carbocycles. The average molecular weight is 479 g/mol. The molecule has 2 N–H and O–H groups in total. The predicted octanol–water partition coefficient (Wildman–Crippen LogP) is 2.98. The van der Waals surface area contributed by atoms with Crippen LogP contribution in [0.15, 0.2) is 12.7 Å². The summed E-state index contributed by atoms with van der Waals surface area (Å²) in [6.45, 7) is 10.7. The van der Waals surface area contributed by atoms with Gasteiger partial charge in [-0.2, -0.15) is 0 Å². The summed E-state index contributed by atoms with van der Waals surface area (Å²) < 4.78 is 6.59. The first-order chi connectivity index (χ1) is 16.2. The number of rotatable bonds is 14. The lowest BCUT2D eigenvalue weighted by atomic mass is 9.65. The molecule has 2 amide bonds. The number of unbranched alkanes of at least 4 members (excludes halogenated alkanes) is 3. The first kappa shape index (κ1) is 26.7. The van der Waals surface area contributed by atoms with Crippen molar-refractivity contribution < 1.29 is 29.3 Å². The highest BCUT2D eigenvalue weighted by molar-refractivity contribution is 5.98. The minimum atomic E-state index is -1.09. The van der Waals surface area contributed by atoms with E-state index in [1.807, 2.05) is 13.8 Å². The number of nitrogens with zero attached hydrogens (tertiary/aromatic N) is 2. The van der Waals surface area contributed by atoms with E-state index in [4.69, 9.17) is 9.84 Å². The van der Waals surface area contributed by atoms with E-state index in [0.29, 0.717) is 45.2 Å². The van der Waals surface area contributed by atoms with Crippen molar-refractivity contribution in [1.82, 2.24) is 9.80 Å². The van der Waals surface area contributed by atoms with Crippen molar-refractivity contribution in [2.45, 2.75) is 102 Å². The molecule has 3 fully saturated rings. The van der Waals surface area contributed by atoms with Gasteiger partial charge in [-0.3, -0.25) is 14.4 Å². The Morgan fingerprint density at radius 3 is 2.56 bits per heavy atom. The van der Waals surface area contributed by atoms with Gasteiger partial charge in [0.1, 0.15) is 17.6 Å². The first-order valence-corrected chi connectivity index (χ1v) is 13.0. The van der Waals surface area contributed by atoms with Crippen molar-refractivity contribution in [2.75, 3.05) is 19.7 Å². The minimum absolute atomic E-state index is 0.0264. The van der Waals surface area contributed by atoms with Gasteiger partial charge in [0.2, 0.25) is 11.8 Å². The van der Waals surface area contributed by atoms with E-state index < -0.39 is 35.0 Å². The Morgan fingerprint density at radius 2 is 1.97 bits per heavy atom. The van der Waals surface area contributed by atoms with E-state index in [1.165, 1.54) is 0 Å². The summed E-state index contributed by atoms with van der Waals surface area (Å²) in [5.74, 6) is -3.21. The molecule has 2 bridgehead atoms. The summed E-state index contributed by atoms with van der Waals surface area (Å²) in [5, 5.41) is 19.2. The van der Waals surface area contributed by atoms with Crippen LogP contribution in [0.5, 0.6) is 0 Å². The van der Waals surface area contributed by atoms with E-state index in [1.54, 1.807) is 15.9 Å². The zero-order valence-electron chi connectivity index (χ0n) is 21.0. The SMILES string of the molecule is C=CCN(C(=O)C1N(CCCCCCO)C(=O)[C@@H]2[C@H](C(=O)O)[C@]3(CC)CCC12O3)C(C)CCC. The lowest BCUT2D eigenvalue weighted by Crippen LogP contribution is -2.58. The smallest absolute Gasteiger partial charge is 0.310 e. The number of hydrogen-bond donors (Lipinski definition) is 2. The van der Waals surface area contributed by atoms with Gasteiger partial charge in [0.05, 0.1) is 11.5 Å². The topological polar surface area (TPSA) is 107 Å². The van der Waals surface area contributed by atoms with Crippen LogP contribution in [0.25, 0.3) is 0 Å². The molecule has 192 valence electrons. The van der Waals surface area contributed by atoms with Crippen LogP contribution in [0.2, 0.25) is 0 Å². The van der Waals surface area contributed by atoms with Crippen LogP contribution in [-0.2, 0) is 19.1 Å². The van der Waals surface area contributed by atoms with Crippen LogP contribution in [0.1, 0.15) is 78.6 Å². The molecule has 3 aliphatic heterocycles.